The van der Waals surface area contributed by atoms with Crippen LogP contribution in [0.25, 0.3) is 61.0 Å². The molecule has 1 saturated heterocycles. The number of rotatable bonds is 7. The first-order valence-corrected chi connectivity index (χ1v) is 18.5. The van der Waals surface area contributed by atoms with Crippen LogP contribution in [0.4, 0.5) is 5.69 Å². The largest absolute Gasteiger partial charge is 0.455 e. The number of fused-ring (bicyclic) bond motifs is 6. The summed E-state index contributed by atoms with van der Waals surface area (Å²) in [5.41, 5.74) is 7.26. The number of hydrogen-bond acceptors (Lipinski definition) is 8. The van der Waals surface area contributed by atoms with Crippen molar-refractivity contribution in [3.8, 4) is 28.7 Å². The van der Waals surface area contributed by atoms with Crippen molar-refractivity contribution in [1.29, 1.82) is 5.26 Å². The Morgan fingerprint density at radius 2 is 1.80 bits per heavy atom. The highest BCUT2D eigenvalue weighted by atomic mass is 32.2. The lowest BCUT2D eigenvalue weighted by Crippen LogP contribution is -2.44. The van der Waals surface area contributed by atoms with Gasteiger partial charge in [0.2, 0.25) is 10.0 Å². The summed E-state index contributed by atoms with van der Waals surface area (Å²) in [6, 6.07) is 24.8. The van der Waals surface area contributed by atoms with E-state index in [9.17, 15) is 18.5 Å². The predicted octanol–water partition coefficient (Wildman–Crippen LogP) is 6.50. The van der Waals surface area contributed by atoms with E-state index in [-0.39, 0.29) is 5.91 Å². The Morgan fingerprint density at radius 3 is 2.49 bits per heavy atom. The average molecular weight is 698 g/mol. The van der Waals surface area contributed by atoms with E-state index in [4.69, 9.17) is 14.4 Å². The number of aromatic nitrogens is 3. The molecule has 12 heteroatoms. The monoisotopic (exact) mass is 697 g/mol. The van der Waals surface area contributed by atoms with Crippen molar-refractivity contribution in [3.05, 3.63) is 95.3 Å². The molecular weight excluding hydrogens is 663 g/mol. The summed E-state index contributed by atoms with van der Waals surface area (Å²) in [5, 5.41) is 14.0. The maximum absolute atomic E-state index is 13.5. The zero-order valence-corrected chi connectivity index (χ0v) is 29.7. The third-order valence-corrected chi connectivity index (χ3v) is 11.0. The molecule has 1 fully saturated rings. The molecule has 1 aliphatic heterocycles. The van der Waals surface area contributed by atoms with E-state index in [0.29, 0.717) is 73.9 Å². The molecule has 1 amide bonds. The molecule has 0 saturated carbocycles. The molecule has 0 radical (unpaired) electrons. The second kappa shape index (κ2) is 11.9. The first kappa shape index (κ1) is 32.4. The number of anilines is 1. The molecule has 256 valence electrons. The van der Waals surface area contributed by atoms with E-state index in [1.54, 1.807) is 25.2 Å². The van der Waals surface area contributed by atoms with Crippen molar-refractivity contribution in [2.75, 3.05) is 37.7 Å². The molecule has 3 aromatic carbocycles. The minimum absolute atomic E-state index is 0.336. The second-order valence-corrected chi connectivity index (χ2v) is 15.5. The first-order chi connectivity index (χ1) is 24.4. The number of aryl methyl sites for hydroxylation is 1. The normalized spacial score (nSPS) is 14.0. The fraction of sp³-hybridized carbons (Fsp3) is 0.231. The zero-order chi connectivity index (χ0) is 35.8. The van der Waals surface area contributed by atoms with Gasteiger partial charge in [0, 0.05) is 55.2 Å². The number of likely N-dealkylation sites (tertiary alicyclic amines) is 1. The fourth-order valence-corrected chi connectivity index (χ4v) is 7.66. The number of benzene rings is 3. The Hall–Kier alpha value is -5.77. The number of nitrogens with zero attached hydrogens (tertiary/aromatic N) is 6. The number of furan rings is 1. The maximum atomic E-state index is 13.5. The van der Waals surface area contributed by atoms with Gasteiger partial charge in [-0.15, -0.1) is 0 Å². The van der Waals surface area contributed by atoms with E-state index in [0.717, 1.165) is 47.2 Å². The highest BCUT2D eigenvalue weighted by Crippen LogP contribution is 2.42. The van der Waals surface area contributed by atoms with Gasteiger partial charge in [-0.25, -0.2) is 18.4 Å². The number of pyridine rings is 1. The Balaban J connectivity index is 1.41. The highest BCUT2D eigenvalue weighted by Gasteiger charge is 2.28. The summed E-state index contributed by atoms with van der Waals surface area (Å²) in [6.45, 7) is 6.82. The van der Waals surface area contributed by atoms with Crippen LogP contribution in [0.15, 0.2) is 77.2 Å². The van der Waals surface area contributed by atoms with Gasteiger partial charge >= 0.3 is 0 Å². The van der Waals surface area contributed by atoms with Gasteiger partial charge in [0.1, 0.15) is 22.7 Å². The summed E-state index contributed by atoms with van der Waals surface area (Å²) in [7, 11) is -0.680. The molecule has 0 bridgehead atoms. The molecular formula is C39H35N7O4S. The molecule has 1 aliphatic rings. The summed E-state index contributed by atoms with van der Waals surface area (Å²) in [5.74, 6) is 1.51. The van der Waals surface area contributed by atoms with E-state index >= 15 is 0 Å². The zero-order valence-electron chi connectivity index (χ0n) is 28.9. The Bertz CT molecular complexity index is 2720. The van der Waals surface area contributed by atoms with Crippen LogP contribution in [0, 0.1) is 24.2 Å². The number of sulfonamides is 1. The second-order valence-electron chi connectivity index (χ2n) is 13.5. The molecule has 0 spiro atoms. The van der Waals surface area contributed by atoms with E-state index < -0.39 is 10.0 Å². The number of nitrogens with one attached hydrogen (secondary N) is 1. The minimum atomic E-state index is -3.72. The van der Waals surface area contributed by atoms with Crippen molar-refractivity contribution >= 4 is 60.0 Å². The SMILES string of the molecule is CNC(=O)c1c(-c2ccc(C)cc2)oc2cc(N(C)S(C)(=O)=O)c(-c3ccc4nc(CN5CC(C)C5)n5c6cccc(C#N)c6cc5c4n3)cc12. The summed E-state index contributed by atoms with van der Waals surface area (Å²) >= 11 is 0. The van der Waals surface area contributed by atoms with Gasteiger partial charge in [0.15, 0.2) is 0 Å². The lowest BCUT2D eigenvalue weighted by atomic mass is 10.00. The van der Waals surface area contributed by atoms with Gasteiger partial charge in [-0.05, 0) is 49.2 Å². The molecule has 0 aliphatic carbocycles. The third kappa shape index (κ3) is 5.37. The Kier molecular flexibility index (Phi) is 7.59. The predicted molar refractivity (Wildman–Crippen MR) is 199 cm³/mol. The maximum Gasteiger partial charge on any atom is 0.255 e. The van der Waals surface area contributed by atoms with Crippen molar-refractivity contribution in [3.63, 3.8) is 0 Å². The summed E-state index contributed by atoms with van der Waals surface area (Å²) < 4.78 is 35.7. The standard InChI is InChI=1S/C39H35N7O4S/c1-22-9-11-24(12-10-22)38-36(39(47)41-3)28-15-27(32(17-34(28)50-38)44(4)51(5,48)49)29-13-14-30-37(43-29)33-16-26-25(18-40)7-6-8-31(26)46(33)35(42-30)21-45-19-23(2)20-45/h6-17,23H,19-21H2,1-5H3,(H,41,47). The van der Waals surface area contributed by atoms with Crippen molar-refractivity contribution in [2.24, 2.45) is 5.92 Å². The fourth-order valence-electron chi connectivity index (χ4n) is 7.15. The number of carbonyl (C=O) groups excluding carboxylic acids is 1. The summed E-state index contributed by atoms with van der Waals surface area (Å²) in [6.07, 6.45) is 1.14. The van der Waals surface area contributed by atoms with Gasteiger partial charge in [-0.2, -0.15) is 5.26 Å². The highest BCUT2D eigenvalue weighted by molar-refractivity contribution is 7.92. The lowest BCUT2D eigenvalue weighted by molar-refractivity contribution is 0.0964. The average Bonchev–Trinajstić information content (AvgIpc) is 3.69. The molecule has 1 N–H and O–H groups in total. The number of carbonyl (C=O) groups is 1. The number of nitriles is 1. The van der Waals surface area contributed by atoms with Gasteiger partial charge in [-0.3, -0.25) is 18.4 Å². The molecule has 5 heterocycles. The van der Waals surface area contributed by atoms with Crippen LogP contribution in [0.3, 0.4) is 0 Å². The molecule has 0 unspecified atom stereocenters. The van der Waals surface area contributed by atoms with Crippen LogP contribution < -0.4 is 9.62 Å². The van der Waals surface area contributed by atoms with E-state index in [2.05, 4.69) is 27.6 Å². The van der Waals surface area contributed by atoms with Crippen LogP contribution in [0.5, 0.6) is 0 Å². The molecule has 11 nitrogen and oxygen atoms in total. The Labute approximate surface area is 294 Å². The lowest BCUT2D eigenvalue weighted by Gasteiger charge is -2.36. The first-order valence-electron chi connectivity index (χ1n) is 16.7. The molecule has 7 aromatic rings. The van der Waals surface area contributed by atoms with Crippen LogP contribution in [-0.4, -0.2) is 67.0 Å². The van der Waals surface area contributed by atoms with Crippen LogP contribution in [0.1, 0.15) is 34.2 Å². The van der Waals surface area contributed by atoms with Crippen molar-refractivity contribution in [2.45, 2.75) is 20.4 Å². The smallest absolute Gasteiger partial charge is 0.255 e. The van der Waals surface area contributed by atoms with Gasteiger partial charge in [-0.1, -0.05) is 42.8 Å². The minimum Gasteiger partial charge on any atom is -0.455 e. The van der Waals surface area contributed by atoms with Gasteiger partial charge in [0.05, 0.1) is 57.9 Å². The molecule has 51 heavy (non-hydrogen) atoms. The third-order valence-electron chi connectivity index (χ3n) is 9.78. The van der Waals surface area contributed by atoms with Gasteiger partial charge < -0.3 is 9.73 Å². The van der Waals surface area contributed by atoms with E-state index in [1.165, 1.54) is 11.4 Å². The van der Waals surface area contributed by atoms with Crippen molar-refractivity contribution in [1.82, 2.24) is 24.6 Å². The topological polar surface area (TPSA) is 137 Å². The van der Waals surface area contributed by atoms with Gasteiger partial charge in [0.25, 0.3) is 5.91 Å². The van der Waals surface area contributed by atoms with E-state index in [1.807, 2.05) is 61.5 Å². The quantitative estimate of drug-likeness (QED) is 0.199. The van der Waals surface area contributed by atoms with Crippen LogP contribution in [-0.2, 0) is 16.6 Å². The van der Waals surface area contributed by atoms with Crippen LogP contribution in [0.2, 0.25) is 0 Å². The molecule has 0 atom stereocenters. The summed E-state index contributed by atoms with van der Waals surface area (Å²) in [4.78, 5) is 26.1. The number of amides is 1. The molecule has 4 aromatic heterocycles. The number of hydrogen-bond donors (Lipinski definition) is 1. The molecule has 8 rings (SSSR count). The Morgan fingerprint density at radius 1 is 1.04 bits per heavy atom. The van der Waals surface area contributed by atoms with Crippen molar-refractivity contribution < 1.29 is 17.6 Å². The van der Waals surface area contributed by atoms with Crippen LogP contribution >= 0.6 is 0 Å².